The van der Waals surface area contributed by atoms with E-state index in [4.69, 9.17) is 0 Å². The molecule has 0 radical (unpaired) electrons. The number of rotatable bonds is 6. The van der Waals surface area contributed by atoms with Gasteiger partial charge < -0.3 is 16.0 Å². The summed E-state index contributed by atoms with van der Waals surface area (Å²) < 4.78 is 22.0. The molecular formula is C15H23N3O4S. The molecule has 1 aromatic rings. The number of nitrogens with one attached hydrogen (secondary N) is 3. The molecule has 1 aromatic carbocycles. The molecular weight excluding hydrogens is 318 g/mol. The first-order valence-corrected chi connectivity index (χ1v) is 9.28. The van der Waals surface area contributed by atoms with Crippen molar-refractivity contribution in [1.29, 1.82) is 0 Å². The molecule has 0 aliphatic rings. The number of sulfone groups is 1. The third-order valence-electron chi connectivity index (χ3n) is 3.04. The van der Waals surface area contributed by atoms with Crippen molar-refractivity contribution in [1.82, 2.24) is 5.32 Å². The van der Waals surface area contributed by atoms with Gasteiger partial charge >= 0.3 is 6.03 Å². The maximum atomic E-state index is 11.8. The third kappa shape index (κ3) is 7.14. The molecule has 0 spiro atoms. The lowest BCUT2D eigenvalue weighted by Crippen LogP contribution is -2.32. The molecule has 0 heterocycles. The third-order valence-corrected chi connectivity index (χ3v) is 3.98. The van der Waals surface area contributed by atoms with Gasteiger partial charge in [-0.25, -0.2) is 13.2 Å². The molecule has 0 bridgehead atoms. The van der Waals surface area contributed by atoms with Crippen molar-refractivity contribution in [2.45, 2.75) is 20.8 Å². The van der Waals surface area contributed by atoms with Gasteiger partial charge in [0.1, 0.15) is 9.84 Å². The van der Waals surface area contributed by atoms with E-state index < -0.39 is 15.9 Å². The second kappa shape index (κ2) is 7.96. The summed E-state index contributed by atoms with van der Waals surface area (Å²) in [4.78, 5) is 23.5. The van der Waals surface area contributed by atoms with Crippen LogP contribution in [0.15, 0.2) is 18.2 Å². The largest absolute Gasteiger partial charge is 0.337 e. The Morgan fingerprint density at radius 1 is 1.17 bits per heavy atom. The van der Waals surface area contributed by atoms with Crippen LogP contribution >= 0.6 is 0 Å². The smallest absolute Gasteiger partial charge is 0.319 e. The van der Waals surface area contributed by atoms with Crippen molar-refractivity contribution in [3.8, 4) is 0 Å². The number of carbonyl (C=O) groups is 2. The molecule has 0 atom stereocenters. The Morgan fingerprint density at radius 2 is 1.83 bits per heavy atom. The Morgan fingerprint density at radius 3 is 2.39 bits per heavy atom. The predicted molar refractivity (Wildman–Crippen MR) is 91.4 cm³/mol. The summed E-state index contributed by atoms with van der Waals surface area (Å²) in [5.41, 5.74) is 1.95. The Hall–Kier alpha value is -2.09. The van der Waals surface area contributed by atoms with Crippen molar-refractivity contribution in [2.75, 3.05) is 29.2 Å². The zero-order valence-corrected chi connectivity index (χ0v) is 14.6. The Labute approximate surface area is 136 Å². The molecule has 0 saturated heterocycles. The minimum Gasteiger partial charge on any atom is -0.337 e. The monoisotopic (exact) mass is 341 g/mol. The number of anilines is 2. The molecule has 1 rings (SSSR count). The van der Waals surface area contributed by atoms with Crippen molar-refractivity contribution < 1.29 is 18.0 Å². The van der Waals surface area contributed by atoms with Gasteiger partial charge in [0.05, 0.1) is 5.75 Å². The van der Waals surface area contributed by atoms with Gasteiger partial charge in [-0.2, -0.15) is 0 Å². The summed E-state index contributed by atoms with van der Waals surface area (Å²) in [5.74, 6) is -0.381. The number of carbonyl (C=O) groups excluding carboxylic acids is 2. The van der Waals surface area contributed by atoms with Crippen LogP contribution in [0, 0.1) is 12.8 Å². The van der Waals surface area contributed by atoms with Gasteiger partial charge in [0.2, 0.25) is 5.91 Å². The first-order chi connectivity index (χ1) is 10.6. The molecule has 3 amide bonds. The van der Waals surface area contributed by atoms with E-state index in [9.17, 15) is 18.0 Å². The molecule has 0 aliphatic heterocycles. The van der Waals surface area contributed by atoms with E-state index >= 15 is 0 Å². The fourth-order valence-electron chi connectivity index (χ4n) is 1.64. The van der Waals surface area contributed by atoms with Crippen LogP contribution in [-0.2, 0) is 14.6 Å². The van der Waals surface area contributed by atoms with E-state index in [1.165, 1.54) is 0 Å². The summed E-state index contributed by atoms with van der Waals surface area (Å²) in [6.45, 7) is 5.43. The second-order valence-corrected chi connectivity index (χ2v) is 7.94. The number of benzene rings is 1. The van der Waals surface area contributed by atoms with Gasteiger partial charge in [0, 0.05) is 30.1 Å². The average Bonchev–Trinajstić information content (AvgIpc) is 2.40. The maximum absolute atomic E-state index is 11.8. The molecule has 7 nitrogen and oxygen atoms in total. The highest BCUT2D eigenvalue weighted by atomic mass is 32.2. The summed E-state index contributed by atoms with van der Waals surface area (Å²) in [6.07, 6.45) is 1.11. The zero-order chi connectivity index (χ0) is 17.6. The van der Waals surface area contributed by atoms with Crippen LogP contribution in [0.3, 0.4) is 0 Å². The van der Waals surface area contributed by atoms with Crippen molar-refractivity contribution in [3.63, 3.8) is 0 Å². The number of urea groups is 1. The molecule has 128 valence electrons. The first kappa shape index (κ1) is 19.0. The van der Waals surface area contributed by atoms with E-state index in [0.717, 1.165) is 11.8 Å². The molecule has 0 aromatic heterocycles. The van der Waals surface area contributed by atoms with E-state index in [0.29, 0.717) is 11.4 Å². The predicted octanol–water partition coefficient (Wildman–Crippen LogP) is 1.76. The first-order valence-electron chi connectivity index (χ1n) is 7.22. The molecule has 0 unspecified atom stereocenters. The SMILES string of the molecule is Cc1ccc(NC(=O)C(C)C)cc1NC(=O)NCCS(C)(=O)=O. The van der Waals surface area contributed by atoms with Crippen molar-refractivity contribution >= 4 is 33.2 Å². The molecule has 3 N–H and O–H groups in total. The highest BCUT2D eigenvalue weighted by molar-refractivity contribution is 7.90. The molecule has 0 saturated carbocycles. The summed E-state index contributed by atoms with van der Waals surface area (Å²) >= 11 is 0. The van der Waals surface area contributed by atoms with Crippen LogP contribution < -0.4 is 16.0 Å². The number of hydrogen-bond acceptors (Lipinski definition) is 4. The fraction of sp³-hybridized carbons (Fsp3) is 0.467. The van der Waals surface area contributed by atoms with Gasteiger partial charge in [-0.3, -0.25) is 4.79 Å². The van der Waals surface area contributed by atoms with Crippen LogP contribution in [0.1, 0.15) is 19.4 Å². The zero-order valence-electron chi connectivity index (χ0n) is 13.8. The number of hydrogen-bond donors (Lipinski definition) is 3. The quantitative estimate of drug-likeness (QED) is 0.733. The van der Waals surface area contributed by atoms with Gasteiger partial charge in [-0.15, -0.1) is 0 Å². The van der Waals surface area contributed by atoms with E-state index in [1.54, 1.807) is 32.0 Å². The number of amides is 3. The van der Waals surface area contributed by atoms with Crippen LogP contribution in [-0.4, -0.2) is 38.9 Å². The summed E-state index contributed by atoms with van der Waals surface area (Å²) in [7, 11) is -3.12. The van der Waals surface area contributed by atoms with Crippen molar-refractivity contribution in [2.24, 2.45) is 5.92 Å². The van der Waals surface area contributed by atoms with Crippen LogP contribution in [0.4, 0.5) is 16.2 Å². The summed E-state index contributed by atoms with van der Waals surface area (Å²) in [5, 5.41) is 7.88. The lowest BCUT2D eigenvalue weighted by molar-refractivity contribution is -0.118. The standard InChI is InChI=1S/C15H23N3O4S/c1-10(2)14(19)17-12-6-5-11(3)13(9-12)18-15(20)16-7-8-23(4,21)22/h5-6,9-10H,7-8H2,1-4H3,(H,17,19)(H2,16,18,20). The van der Waals surface area contributed by atoms with Gasteiger partial charge in [0.25, 0.3) is 0 Å². The fourth-order valence-corrected chi connectivity index (χ4v) is 2.11. The van der Waals surface area contributed by atoms with Gasteiger partial charge in [-0.05, 0) is 24.6 Å². The molecule has 23 heavy (non-hydrogen) atoms. The summed E-state index contributed by atoms with van der Waals surface area (Å²) in [6, 6.07) is 4.69. The highest BCUT2D eigenvalue weighted by Crippen LogP contribution is 2.20. The van der Waals surface area contributed by atoms with E-state index in [-0.39, 0.29) is 24.1 Å². The van der Waals surface area contributed by atoms with E-state index in [1.807, 2.05) is 6.92 Å². The minimum absolute atomic E-state index is 0.0352. The maximum Gasteiger partial charge on any atom is 0.319 e. The van der Waals surface area contributed by atoms with Crippen LogP contribution in [0.5, 0.6) is 0 Å². The molecule has 0 fully saturated rings. The topological polar surface area (TPSA) is 104 Å². The van der Waals surface area contributed by atoms with Crippen LogP contribution in [0.25, 0.3) is 0 Å². The minimum atomic E-state index is -3.12. The second-order valence-electron chi connectivity index (χ2n) is 5.68. The molecule has 0 aliphatic carbocycles. The highest BCUT2D eigenvalue weighted by Gasteiger charge is 2.10. The number of aryl methyl sites for hydroxylation is 1. The molecule has 8 heteroatoms. The van der Waals surface area contributed by atoms with Gasteiger partial charge in [0.15, 0.2) is 0 Å². The Bertz CT molecular complexity index is 684. The van der Waals surface area contributed by atoms with Crippen LogP contribution in [0.2, 0.25) is 0 Å². The Balaban J connectivity index is 2.68. The van der Waals surface area contributed by atoms with Gasteiger partial charge in [-0.1, -0.05) is 19.9 Å². The average molecular weight is 341 g/mol. The lowest BCUT2D eigenvalue weighted by atomic mass is 10.1. The van der Waals surface area contributed by atoms with E-state index in [2.05, 4.69) is 16.0 Å². The normalized spacial score (nSPS) is 11.2. The lowest BCUT2D eigenvalue weighted by Gasteiger charge is -2.13. The van der Waals surface area contributed by atoms with Crippen molar-refractivity contribution in [3.05, 3.63) is 23.8 Å². The Kier molecular flexibility index (Phi) is 6.56.